The van der Waals surface area contributed by atoms with E-state index in [4.69, 9.17) is 14.2 Å². The Morgan fingerprint density at radius 3 is 1.54 bits per heavy atom. The van der Waals surface area contributed by atoms with Crippen LogP contribution >= 0.6 is 0 Å². The Balaban J connectivity index is 0.000000230. The van der Waals surface area contributed by atoms with E-state index in [0.717, 1.165) is 25.3 Å². The van der Waals surface area contributed by atoms with Crippen LogP contribution in [-0.4, -0.2) is 142 Å². The number of benzene rings is 2. The second-order valence-corrected chi connectivity index (χ2v) is 17.6. The zero-order valence-electron chi connectivity index (χ0n) is 35.2. The van der Waals surface area contributed by atoms with Gasteiger partial charge in [0.05, 0.1) is 32.0 Å². The molecule has 12 nitrogen and oxygen atoms in total. The van der Waals surface area contributed by atoms with Crippen LogP contribution < -0.4 is 24.6 Å². The molecule has 1 amide bonds. The Bertz CT molecular complexity index is 1690. The Morgan fingerprint density at radius 1 is 0.678 bits per heavy atom. The lowest BCUT2D eigenvalue weighted by Gasteiger charge is -2.47. The van der Waals surface area contributed by atoms with Gasteiger partial charge >= 0.3 is 18.8 Å². The first kappa shape index (κ1) is 46.4. The van der Waals surface area contributed by atoms with Crippen molar-refractivity contribution in [2.75, 3.05) is 102 Å². The van der Waals surface area contributed by atoms with E-state index in [1.54, 1.807) is 17.0 Å². The lowest BCUT2D eigenvalue weighted by atomic mass is 9.98. The molecular formula is C41H60F6N6O6. The van der Waals surface area contributed by atoms with E-state index in [1.807, 2.05) is 61.5 Å². The minimum Gasteiger partial charge on any atom is -0.444 e. The molecule has 59 heavy (non-hydrogen) atoms. The molecule has 0 aromatic heterocycles. The van der Waals surface area contributed by atoms with Crippen LogP contribution in [0.2, 0.25) is 0 Å². The van der Waals surface area contributed by atoms with Crippen molar-refractivity contribution in [3.8, 4) is 11.5 Å². The number of ether oxygens (including phenoxy) is 5. The van der Waals surface area contributed by atoms with E-state index in [1.165, 1.54) is 12.1 Å². The number of morpholine rings is 2. The average Bonchev–Trinajstić information content (AvgIpc) is 3.11. The second kappa shape index (κ2) is 18.9. The van der Waals surface area contributed by atoms with Crippen LogP contribution in [0.4, 0.5) is 42.5 Å². The fraction of sp³-hybridized carbons (Fsp3) is 0.683. The van der Waals surface area contributed by atoms with Gasteiger partial charge in [0.25, 0.3) is 0 Å². The van der Waals surface area contributed by atoms with Gasteiger partial charge in [0, 0.05) is 119 Å². The Kier molecular flexibility index (Phi) is 14.9. The summed E-state index contributed by atoms with van der Waals surface area (Å²) < 4.78 is 103. The van der Waals surface area contributed by atoms with Gasteiger partial charge in [0.15, 0.2) is 0 Å². The Hall–Kier alpha value is -3.71. The third kappa shape index (κ3) is 14.5. The summed E-state index contributed by atoms with van der Waals surface area (Å²) in [6.45, 7) is 22.8. The number of nitrogens with one attached hydrogen (secondary N) is 1. The summed E-state index contributed by atoms with van der Waals surface area (Å²) in [6, 6.07) is 10.1. The summed E-state index contributed by atoms with van der Waals surface area (Å²) >= 11 is 0. The van der Waals surface area contributed by atoms with Crippen LogP contribution in [0.5, 0.6) is 11.5 Å². The van der Waals surface area contributed by atoms with Gasteiger partial charge in [-0.1, -0.05) is 12.1 Å². The topological polar surface area (TPSA) is 91.5 Å². The van der Waals surface area contributed by atoms with E-state index in [9.17, 15) is 31.1 Å². The van der Waals surface area contributed by atoms with Crippen LogP contribution in [0.25, 0.3) is 0 Å². The van der Waals surface area contributed by atoms with Gasteiger partial charge in [-0.15, -0.1) is 26.3 Å². The molecule has 4 aliphatic heterocycles. The average molecular weight is 847 g/mol. The molecule has 4 heterocycles. The van der Waals surface area contributed by atoms with E-state index < -0.39 is 23.9 Å². The summed E-state index contributed by atoms with van der Waals surface area (Å²) in [7, 11) is 0. The monoisotopic (exact) mass is 846 g/mol. The van der Waals surface area contributed by atoms with Crippen molar-refractivity contribution in [1.29, 1.82) is 0 Å². The summed E-state index contributed by atoms with van der Waals surface area (Å²) in [4.78, 5) is 22.5. The number of carbonyl (C=O) groups is 1. The molecule has 0 spiro atoms. The summed E-state index contributed by atoms with van der Waals surface area (Å²) in [5.74, 6) is -0.309. The maximum Gasteiger partial charge on any atom is 0.573 e. The Morgan fingerprint density at radius 2 is 1.14 bits per heavy atom. The molecule has 0 saturated carbocycles. The van der Waals surface area contributed by atoms with Gasteiger partial charge < -0.3 is 43.7 Å². The molecule has 0 aliphatic carbocycles. The van der Waals surface area contributed by atoms with Gasteiger partial charge in [0.1, 0.15) is 17.1 Å². The second-order valence-electron chi connectivity index (χ2n) is 17.6. The quantitative estimate of drug-likeness (QED) is 0.283. The summed E-state index contributed by atoms with van der Waals surface area (Å²) in [6.07, 6.45) is -9.88. The summed E-state index contributed by atoms with van der Waals surface area (Å²) in [5.41, 5.74) is 1.21. The molecule has 1 N–H and O–H groups in total. The first-order valence-electron chi connectivity index (χ1n) is 20.1. The van der Waals surface area contributed by atoms with E-state index in [2.05, 4.69) is 33.5 Å². The normalized spacial score (nSPS) is 20.7. The van der Waals surface area contributed by atoms with Gasteiger partial charge in [-0.05, 0) is 60.6 Å². The van der Waals surface area contributed by atoms with Crippen LogP contribution in [0, 0.1) is 0 Å². The third-order valence-corrected chi connectivity index (χ3v) is 10.3. The minimum atomic E-state index is -4.78. The van der Waals surface area contributed by atoms with Crippen molar-refractivity contribution in [2.24, 2.45) is 0 Å². The highest BCUT2D eigenvalue weighted by Gasteiger charge is 2.40. The predicted molar refractivity (Wildman–Crippen MR) is 212 cm³/mol. The number of amides is 1. The molecule has 2 aromatic carbocycles. The number of hydrogen-bond acceptors (Lipinski definition) is 11. The number of anilines is 2. The van der Waals surface area contributed by atoms with Gasteiger partial charge in [-0.25, -0.2) is 4.79 Å². The third-order valence-electron chi connectivity index (χ3n) is 10.3. The van der Waals surface area contributed by atoms with Gasteiger partial charge in [-0.2, -0.15) is 0 Å². The molecule has 4 aliphatic rings. The Labute approximate surface area is 343 Å². The lowest BCUT2D eigenvalue weighted by molar-refractivity contribution is -0.276. The molecular weight excluding hydrogens is 786 g/mol. The molecule has 6 rings (SSSR count). The van der Waals surface area contributed by atoms with Crippen LogP contribution in [0.3, 0.4) is 0 Å². The number of alkyl halides is 6. The van der Waals surface area contributed by atoms with Crippen molar-refractivity contribution >= 4 is 17.5 Å². The molecule has 4 fully saturated rings. The number of carbonyl (C=O) groups excluding carboxylic acids is 1. The number of nitrogens with zero attached hydrogens (tertiary/aromatic N) is 5. The highest BCUT2D eigenvalue weighted by Crippen LogP contribution is 2.35. The first-order chi connectivity index (χ1) is 27.5. The lowest BCUT2D eigenvalue weighted by Crippen LogP contribution is -2.61. The minimum absolute atomic E-state index is 0.0585. The molecule has 0 radical (unpaired) electrons. The molecule has 4 saturated heterocycles. The number of hydrogen-bond donors (Lipinski definition) is 1. The van der Waals surface area contributed by atoms with Gasteiger partial charge in [0.2, 0.25) is 0 Å². The van der Waals surface area contributed by atoms with Crippen molar-refractivity contribution in [3.63, 3.8) is 0 Å². The zero-order valence-corrected chi connectivity index (χ0v) is 35.2. The largest absolute Gasteiger partial charge is 0.573 e. The fourth-order valence-electron chi connectivity index (χ4n) is 7.73. The molecule has 332 valence electrons. The molecule has 0 unspecified atom stereocenters. The standard InChI is InChI=1S/C23H34F3N3O4.C18H26F3N3O2/c1-21(2,3)33-20(30)29-9-8-27(16-22(29,4)5)15-17-6-7-18(28-10-12-31-13-11-28)14-19(17)32-23(24,25)26;1-17(2)13-23(6-5-22-17)12-14-3-4-15(24-7-9-25-10-8-24)11-16(14)26-18(19,20)21/h6-7,14H,8-13,15-16H2,1-5H3;3-4,11,22H,5-10,12-13H2,1-2H3. The molecule has 0 bridgehead atoms. The van der Waals surface area contributed by atoms with E-state index in [0.29, 0.717) is 95.6 Å². The molecule has 18 heteroatoms. The smallest absolute Gasteiger partial charge is 0.444 e. The van der Waals surface area contributed by atoms with Crippen molar-refractivity contribution in [2.45, 2.75) is 91.0 Å². The van der Waals surface area contributed by atoms with Crippen molar-refractivity contribution in [1.82, 2.24) is 20.0 Å². The molecule has 0 atom stereocenters. The highest BCUT2D eigenvalue weighted by molar-refractivity contribution is 5.69. The van der Waals surface area contributed by atoms with Crippen molar-refractivity contribution in [3.05, 3.63) is 47.5 Å². The summed E-state index contributed by atoms with van der Waals surface area (Å²) in [5, 5.41) is 3.41. The van der Waals surface area contributed by atoms with E-state index in [-0.39, 0.29) is 29.7 Å². The maximum atomic E-state index is 13.1. The number of piperazine rings is 2. The number of halogens is 6. The number of rotatable bonds is 8. The fourth-order valence-corrected chi connectivity index (χ4v) is 7.73. The van der Waals surface area contributed by atoms with Crippen LogP contribution in [0.15, 0.2) is 36.4 Å². The molecule has 2 aromatic rings. The van der Waals surface area contributed by atoms with Crippen LogP contribution in [-0.2, 0) is 27.3 Å². The van der Waals surface area contributed by atoms with Gasteiger partial charge in [-0.3, -0.25) is 9.80 Å². The van der Waals surface area contributed by atoms with Crippen LogP contribution in [0.1, 0.15) is 59.6 Å². The van der Waals surface area contributed by atoms with E-state index >= 15 is 0 Å². The highest BCUT2D eigenvalue weighted by atomic mass is 19.4. The maximum absolute atomic E-state index is 13.1. The zero-order chi connectivity index (χ0) is 43.2. The van der Waals surface area contributed by atoms with Crippen molar-refractivity contribution < 1.29 is 54.8 Å². The SMILES string of the molecule is CC(C)(C)OC(=O)N1CCN(Cc2ccc(N3CCOCC3)cc2OC(F)(F)F)CC1(C)C.CC1(C)CN(Cc2ccc(N3CCOCC3)cc2OC(F)(F)F)CCN1. The predicted octanol–water partition coefficient (Wildman–Crippen LogP) is 6.86. The first-order valence-corrected chi connectivity index (χ1v) is 20.1.